The maximum atomic E-state index is 16.1. The zero-order valence-corrected chi connectivity index (χ0v) is 28.9. The van der Waals surface area contributed by atoms with Crippen molar-refractivity contribution in [1.29, 1.82) is 0 Å². The van der Waals surface area contributed by atoms with Crippen LogP contribution in [0.3, 0.4) is 0 Å². The molecule has 2 amide bonds. The minimum Gasteiger partial charge on any atom is -0.444 e. The van der Waals surface area contributed by atoms with E-state index in [4.69, 9.17) is 14.5 Å². The number of para-hydroxylation sites is 1. The van der Waals surface area contributed by atoms with Crippen LogP contribution in [0.25, 0.3) is 33.5 Å². The van der Waals surface area contributed by atoms with Crippen molar-refractivity contribution in [2.45, 2.75) is 90.6 Å². The Morgan fingerprint density at radius 3 is 2.62 bits per heavy atom. The van der Waals surface area contributed by atoms with Gasteiger partial charge in [-0.05, 0) is 83.6 Å². The number of piperidine rings is 1. The van der Waals surface area contributed by atoms with Gasteiger partial charge in [0.15, 0.2) is 5.82 Å². The molecule has 48 heavy (non-hydrogen) atoms. The van der Waals surface area contributed by atoms with Crippen LogP contribution in [-0.2, 0) is 16.0 Å². The van der Waals surface area contributed by atoms with Crippen LogP contribution in [0, 0.1) is 11.7 Å². The molecule has 1 aliphatic carbocycles. The van der Waals surface area contributed by atoms with Gasteiger partial charge in [0.05, 0.1) is 40.5 Å². The Bertz CT molecular complexity index is 1870. The Morgan fingerprint density at radius 2 is 1.90 bits per heavy atom. The molecule has 10 nitrogen and oxygen atoms in total. The summed E-state index contributed by atoms with van der Waals surface area (Å²) in [5.41, 5.74) is 3.86. The van der Waals surface area contributed by atoms with E-state index in [1.54, 1.807) is 18.1 Å². The Hall–Kier alpha value is -4.12. The number of carbonyl (C=O) groups excluding carboxylic acids is 2. The number of carbonyl (C=O) groups is 2. The SMILES string of the molecule is CCC1CN(CCCOC)c2cccc3cc(-c4nc5cc(C(=O)N6C[C@H]7CC[C@@H]6[C@@H]7NC(=O)OC(C)(C)C)cc(F)c5n4CC)n1c23. The van der Waals surface area contributed by atoms with Crippen LogP contribution < -0.4 is 10.2 Å². The van der Waals surface area contributed by atoms with Gasteiger partial charge in [-0.3, -0.25) is 4.79 Å². The Balaban J connectivity index is 1.23. The van der Waals surface area contributed by atoms with Gasteiger partial charge in [0.25, 0.3) is 5.91 Å². The standard InChI is InChI=1S/C37H47FN6O4/c1-7-25-21-41(15-10-16-47-6)29-12-9-11-22-19-30(44(25)32(22)29)34-39-27-18-24(17-26(38)33(27)42(34)8-2)35(45)43-20-23-13-14-28(43)31(23)40-36(46)48-37(3,4)5/h9,11-12,17-19,23,25,28,31H,7-8,10,13-16,20-21H2,1-6H3,(H,40,46)/t23-,25?,28-,31-/m1/s1. The number of alkyl carbamates (subject to hydrolysis) is 1. The fourth-order valence-corrected chi connectivity index (χ4v) is 8.33. The number of aryl methyl sites for hydroxylation is 1. The number of amides is 2. The largest absolute Gasteiger partial charge is 0.444 e. The molecule has 4 heterocycles. The molecule has 1 saturated carbocycles. The van der Waals surface area contributed by atoms with Crippen LogP contribution in [0.1, 0.15) is 76.7 Å². The molecule has 11 heteroatoms. The zero-order chi connectivity index (χ0) is 33.9. The van der Waals surface area contributed by atoms with E-state index in [1.807, 2.05) is 32.3 Å². The van der Waals surface area contributed by atoms with Crippen LogP contribution in [-0.4, -0.2) is 82.1 Å². The number of ether oxygens (including phenoxy) is 2. The molecule has 0 spiro atoms. The molecule has 2 aromatic heterocycles. The van der Waals surface area contributed by atoms with Crippen molar-refractivity contribution < 1.29 is 23.5 Å². The van der Waals surface area contributed by atoms with E-state index in [0.29, 0.717) is 36.6 Å². The molecule has 256 valence electrons. The highest BCUT2D eigenvalue weighted by Gasteiger charge is 2.50. The molecular weight excluding hydrogens is 611 g/mol. The predicted molar refractivity (Wildman–Crippen MR) is 185 cm³/mol. The van der Waals surface area contributed by atoms with Crippen molar-refractivity contribution >= 4 is 39.6 Å². The third kappa shape index (κ3) is 5.49. The molecule has 1 N–H and O–H groups in total. The maximum absolute atomic E-state index is 16.1. The lowest BCUT2D eigenvalue weighted by Gasteiger charge is -2.36. The molecule has 1 unspecified atom stereocenters. The van der Waals surface area contributed by atoms with Gasteiger partial charge in [-0.15, -0.1) is 0 Å². The molecule has 0 radical (unpaired) electrons. The third-order valence-electron chi connectivity index (χ3n) is 10.3. The lowest BCUT2D eigenvalue weighted by atomic mass is 10.1. The van der Waals surface area contributed by atoms with E-state index < -0.39 is 17.5 Å². The van der Waals surface area contributed by atoms with Gasteiger partial charge in [-0.2, -0.15) is 0 Å². The molecule has 2 fully saturated rings. The number of benzene rings is 2. The van der Waals surface area contributed by atoms with Crippen molar-refractivity contribution in [2.75, 3.05) is 38.3 Å². The van der Waals surface area contributed by atoms with Crippen molar-refractivity contribution in [1.82, 2.24) is 24.3 Å². The highest BCUT2D eigenvalue weighted by atomic mass is 19.1. The molecule has 1 saturated heterocycles. The summed E-state index contributed by atoms with van der Waals surface area (Å²) in [5.74, 6) is 0.139. The lowest BCUT2D eigenvalue weighted by molar-refractivity contribution is 0.0485. The number of rotatable bonds is 9. The quantitative estimate of drug-likeness (QED) is 0.200. The summed E-state index contributed by atoms with van der Waals surface area (Å²) in [6, 6.07) is 11.6. The van der Waals surface area contributed by atoms with Gasteiger partial charge >= 0.3 is 6.09 Å². The Kier molecular flexibility index (Phi) is 8.38. The van der Waals surface area contributed by atoms with E-state index in [2.05, 4.69) is 46.0 Å². The summed E-state index contributed by atoms with van der Waals surface area (Å²) in [4.78, 5) is 35.8. The number of halogens is 1. The first kappa shape index (κ1) is 32.4. The minimum atomic E-state index is -0.611. The first-order chi connectivity index (χ1) is 23.0. The maximum Gasteiger partial charge on any atom is 0.407 e. The number of hydrogen-bond acceptors (Lipinski definition) is 6. The summed E-state index contributed by atoms with van der Waals surface area (Å²) in [7, 11) is 1.74. The minimum absolute atomic E-state index is 0.138. The van der Waals surface area contributed by atoms with Gasteiger partial charge in [0, 0.05) is 50.8 Å². The van der Waals surface area contributed by atoms with Crippen molar-refractivity contribution in [3.8, 4) is 11.5 Å². The highest BCUT2D eigenvalue weighted by Crippen LogP contribution is 2.43. The Labute approximate surface area is 281 Å². The van der Waals surface area contributed by atoms with E-state index >= 15 is 4.39 Å². The lowest BCUT2D eigenvalue weighted by Crippen LogP contribution is -2.46. The number of hydrogen-bond donors (Lipinski definition) is 1. The van der Waals surface area contributed by atoms with Crippen LogP contribution in [0.4, 0.5) is 14.9 Å². The second kappa shape index (κ2) is 12.4. The highest BCUT2D eigenvalue weighted by molar-refractivity contribution is 6.00. The van der Waals surface area contributed by atoms with Gasteiger partial charge in [0.1, 0.15) is 16.9 Å². The number of nitrogens with one attached hydrogen (secondary N) is 1. The topological polar surface area (TPSA) is 93.9 Å². The van der Waals surface area contributed by atoms with E-state index in [9.17, 15) is 9.59 Å². The monoisotopic (exact) mass is 658 g/mol. The summed E-state index contributed by atoms with van der Waals surface area (Å²) >= 11 is 0. The summed E-state index contributed by atoms with van der Waals surface area (Å²) in [6.45, 7) is 13.2. The number of nitrogens with zero attached hydrogens (tertiary/aromatic N) is 5. The van der Waals surface area contributed by atoms with Gasteiger partial charge in [0.2, 0.25) is 0 Å². The number of fused-ring (bicyclic) bond motifs is 3. The molecule has 2 bridgehead atoms. The van der Waals surface area contributed by atoms with E-state index in [0.717, 1.165) is 49.9 Å². The summed E-state index contributed by atoms with van der Waals surface area (Å²) < 4.78 is 31.3. The Morgan fingerprint density at radius 1 is 1.08 bits per heavy atom. The molecule has 4 atom stereocenters. The van der Waals surface area contributed by atoms with E-state index in [-0.39, 0.29) is 35.5 Å². The second-order valence-corrected chi connectivity index (χ2v) is 14.5. The average Bonchev–Trinajstić information content (AvgIpc) is 3.81. The average molecular weight is 659 g/mol. The normalized spacial score (nSPS) is 21.9. The van der Waals surface area contributed by atoms with Crippen LogP contribution in [0.15, 0.2) is 36.4 Å². The fraction of sp³-hybridized carbons (Fsp3) is 0.541. The number of aromatic nitrogens is 3. The molecular formula is C37H47FN6O4. The zero-order valence-electron chi connectivity index (χ0n) is 28.9. The van der Waals surface area contributed by atoms with Crippen LogP contribution in [0.5, 0.6) is 0 Å². The van der Waals surface area contributed by atoms with Gasteiger partial charge < -0.3 is 33.7 Å². The molecule has 7 rings (SSSR count). The van der Waals surface area contributed by atoms with Crippen LogP contribution in [0.2, 0.25) is 0 Å². The molecule has 4 aromatic rings. The van der Waals surface area contributed by atoms with Crippen molar-refractivity contribution in [3.05, 3.63) is 47.8 Å². The van der Waals surface area contributed by atoms with Crippen molar-refractivity contribution in [3.63, 3.8) is 0 Å². The summed E-state index contributed by atoms with van der Waals surface area (Å²) in [5, 5.41) is 4.14. The van der Waals surface area contributed by atoms with E-state index in [1.165, 1.54) is 17.3 Å². The molecule has 2 aromatic carbocycles. The molecule has 3 aliphatic rings. The van der Waals surface area contributed by atoms with Gasteiger partial charge in [-0.25, -0.2) is 14.2 Å². The number of likely N-dealkylation sites (tertiary alicyclic amines) is 1. The van der Waals surface area contributed by atoms with Gasteiger partial charge in [-0.1, -0.05) is 19.1 Å². The smallest absolute Gasteiger partial charge is 0.407 e. The number of methoxy groups -OCH3 is 1. The first-order valence-electron chi connectivity index (χ1n) is 17.4. The molecule has 2 aliphatic heterocycles. The third-order valence-corrected chi connectivity index (χ3v) is 10.3. The second-order valence-electron chi connectivity index (χ2n) is 14.5. The number of anilines is 1. The van der Waals surface area contributed by atoms with Crippen LogP contribution >= 0.6 is 0 Å². The number of imidazole rings is 1. The first-order valence-corrected chi connectivity index (χ1v) is 17.4. The summed E-state index contributed by atoms with van der Waals surface area (Å²) in [6.07, 6.45) is 3.12. The fourth-order valence-electron chi connectivity index (χ4n) is 8.33. The van der Waals surface area contributed by atoms with Crippen molar-refractivity contribution in [2.24, 2.45) is 5.92 Å². The predicted octanol–water partition coefficient (Wildman–Crippen LogP) is 6.75.